The van der Waals surface area contributed by atoms with E-state index in [9.17, 15) is 9.59 Å². The van der Waals surface area contributed by atoms with E-state index < -0.39 is 11.9 Å². The van der Waals surface area contributed by atoms with Crippen molar-refractivity contribution in [2.24, 2.45) is 5.73 Å². The minimum atomic E-state index is -1.13. The fraction of sp³-hybridized carbons (Fsp3) is 0.333. The van der Waals surface area contributed by atoms with E-state index in [4.69, 9.17) is 21.1 Å². The average molecular weight is 255 g/mol. The van der Waals surface area contributed by atoms with E-state index in [2.05, 4.69) is 0 Å². The molecule has 0 saturated carbocycles. The predicted molar refractivity (Wildman–Crippen MR) is 65.7 cm³/mol. The van der Waals surface area contributed by atoms with Gasteiger partial charge in [0, 0.05) is 6.54 Å². The molecular formula is C12H17NO5. The van der Waals surface area contributed by atoms with E-state index in [0.29, 0.717) is 6.54 Å². The molecule has 0 heterocycles. The highest BCUT2D eigenvalue weighted by atomic mass is 16.4. The lowest BCUT2D eigenvalue weighted by Crippen LogP contribution is -2.17. The maximum atomic E-state index is 10.4. The van der Waals surface area contributed by atoms with Gasteiger partial charge in [0.05, 0.1) is 17.2 Å². The highest BCUT2D eigenvalue weighted by molar-refractivity contribution is 5.93. The number of aromatic carboxylic acids is 2. The van der Waals surface area contributed by atoms with Gasteiger partial charge in [-0.3, -0.25) is 0 Å². The number of carboxylic acids is 2. The second-order valence-corrected chi connectivity index (χ2v) is 3.49. The van der Waals surface area contributed by atoms with Gasteiger partial charge in [-0.25, -0.2) is 9.59 Å². The summed E-state index contributed by atoms with van der Waals surface area (Å²) in [5.41, 5.74) is 5.00. The molecule has 1 atom stereocenters. The number of hydrogen-bond donors (Lipinski definition) is 4. The molecule has 0 amide bonds. The maximum absolute atomic E-state index is 10.4. The monoisotopic (exact) mass is 255 g/mol. The Bertz CT molecular complexity index is 372. The minimum Gasteiger partial charge on any atom is -0.478 e. The second kappa shape index (κ2) is 8.21. The summed E-state index contributed by atoms with van der Waals surface area (Å²) in [7, 11) is 0. The van der Waals surface area contributed by atoms with Crippen LogP contribution >= 0.6 is 0 Å². The van der Waals surface area contributed by atoms with Crippen molar-refractivity contribution in [1.29, 1.82) is 0 Å². The van der Waals surface area contributed by atoms with Crippen LogP contribution in [0.1, 0.15) is 34.1 Å². The highest BCUT2D eigenvalue weighted by Crippen LogP contribution is 2.04. The van der Waals surface area contributed by atoms with Crippen LogP contribution in [0, 0.1) is 0 Å². The molecule has 0 spiro atoms. The van der Waals surface area contributed by atoms with Crippen molar-refractivity contribution >= 4 is 11.9 Å². The average Bonchev–Trinajstić information content (AvgIpc) is 2.38. The first-order chi connectivity index (χ1) is 8.42. The van der Waals surface area contributed by atoms with Crippen molar-refractivity contribution in [3.63, 3.8) is 0 Å². The Hall–Kier alpha value is -1.92. The highest BCUT2D eigenvalue weighted by Gasteiger charge is 2.06. The minimum absolute atomic E-state index is 0.0186. The number of aliphatic hydroxyl groups excluding tert-OH is 1. The molecule has 100 valence electrons. The van der Waals surface area contributed by atoms with Crippen LogP contribution in [0.5, 0.6) is 0 Å². The standard InChI is InChI=1S/C8H6O4.C4H11NO/c9-7(10)5-2-1-3-6(4-5)8(11)12;1-2-4(6)3-5/h1-4H,(H,9,10)(H,11,12);4,6H,2-3,5H2,1H3. The first-order valence-corrected chi connectivity index (χ1v) is 5.37. The second-order valence-electron chi connectivity index (χ2n) is 3.49. The number of hydrogen-bond acceptors (Lipinski definition) is 4. The van der Waals surface area contributed by atoms with E-state index in [0.717, 1.165) is 12.5 Å². The first kappa shape index (κ1) is 16.1. The summed E-state index contributed by atoms with van der Waals surface area (Å²) < 4.78 is 0. The summed E-state index contributed by atoms with van der Waals surface area (Å²) in [6.45, 7) is 2.29. The molecular weight excluding hydrogens is 238 g/mol. The zero-order valence-electron chi connectivity index (χ0n) is 10.0. The first-order valence-electron chi connectivity index (χ1n) is 5.37. The summed E-state index contributed by atoms with van der Waals surface area (Å²) in [4.78, 5) is 20.8. The van der Waals surface area contributed by atoms with Crippen molar-refractivity contribution in [2.45, 2.75) is 19.4 Å². The molecule has 0 saturated heterocycles. The summed E-state index contributed by atoms with van der Waals surface area (Å²) >= 11 is 0. The summed E-state index contributed by atoms with van der Waals surface area (Å²) in [5.74, 6) is -2.25. The summed E-state index contributed by atoms with van der Waals surface area (Å²) in [6, 6.07) is 5.20. The maximum Gasteiger partial charge on any atom is 0.335 e. The van der Waals surface area contributed by atoms with Crippen LogP contribution < -0.4 is 5.73 Å². The van der Waals surface area contributed by atoms with Crippen LogP contribution in [0.4, 0.5) is 0 Å². The lowest BCUT2D eigenvalue weighted by Gasteiger charge is -1.98. The van der Waals surface area contributed by atoms with Gasteiger partial charge < -0.3 is 21.1 Å². The molecule has 0 aliphatic heterocycles. The van der Waals surface area contributed by atoms with Gasteiger partial charge in [0.15, 0.2) is 0 Å². The number of aliphatic hydroxyl groups is 1. The normalized spacial score (nSPS) is 11.1. The van der Waals surface area contributed by atoms with Gasteiger partial charge >= 0.3 is 11.9 Å². The lowest BCUT2D eigenvalue weighted by atomic mass is 10.1. The molecule has 6 nitrogen and oxygen atoms in total. The van der Waals surface area contributed by atoms with Gasteiger partial charge in [-0.2, -0.15) is 0 Å². The molecule has 5 N–H and O–H groups in total. The Morgan fingerprint density at radius 1 is 1.22 bits per heavy atom. The van der Waals surface area contributed by atoms with Gasteiger partial charge in [-0.15, -0.1) is 0 Å². The predicted octanol–water partition coefficient (Wildman–Crippen LogP) is 0.799. The van der Waals surface area contributed by atoms with E-state index in [-0.39, 0.29) is 17.2 Å². The number of carboxylic acid groups (broad SMARTS) is 2. The van der Waals surface area contributed by atoms with Crippen molar-refractivity contribution in [2.75, 3.05) is 6.54 Å². The third-order valence-electron chi connectivity index (χ3n) is 2.10. The van der Waals surface area contributed by atoms with Gasteiger partial charge in [-0.05, 0) is 24.6 Å². The molecule has 1 unspecified atom stereocenters. The van der Waals surface area contributed by atoms with E-state index >= 15 is 0 Å². The third-order valence-corrected chi connectivity index (χ3v) is 2.10. The smallest absolute Gasteiger partial charge is 0.335 e. The van der Waals surface area contributed by atoms with Crippen LogP contribution in [0.15, 0.2) is 24.3 Å². The number of benzene rings is 1. The molecule has 18 heavy (non-hydrogen) atoms. The van der Waals surface area contributed by atoms with Crippen LogP contribution in [-0.2, 0) is 0 Å². The van der Waals surface area contributed by atoms with E-state index in [1.165, 1.54) is 18.2 Å². The van der Waals surface area contributed by atoms with Gasteiger partial charge in [-0.1, -0.05) is 13.0 Å². The van der Waals surface area contributed by atoms with E-state index in [1.54, 1.807) is 0 Å². The van der Waals surface area contributed by atoms with Gasteiger partial charge in [0.25, 0.3) is 0 Å². The topological polar surface area (TPSA) is 121 Å². The molecule has 0 aliphatic carbocycles. The molecule has 0 bridgehead atoms. The van der Waals surface area contributed by atoms with Crippen molar-refractivity contribution in [1.82, 2.24) is 0 Å². The zero-order chi connectivity index (χ0) is 14.1. The molecule has 0 fully saturated rings. The molecule has 0 aromatic heterocycles. The van der Waals surface area contributed by atoms with E-state index in [1.807, 2.05) is 6.92 Å². The molecule has 0 aliphatic rings. The summed E-state index contributed by atoms with van der Waals surface area (Å²) in [5, 5.41) is 25.5. The Morgan fingerprint density at radius 3 is 1.89 bits per heavy atom. The van der Waals surface area contributed by atoms with Crippen molar-refractivity contribution in [3.05, 3.63) is 35.4 Å². The van der Waals surface area contributed by atoms with Crippen LogP contribution in [-0.4, -0.2) is 39.9 Å². The zero-order valence-corrected chi connectivity index (χ0v) is 10.0. The molecule has 6 heteroatoms. The quantitative estimate of drug-likeness (QED) is 0.631. The van der Waals surface area contributed by atoms with Crippen LogP contribution in [0.3, 0.4) is 0 Å². The van der Waals surface area contributed by atoms with Crippen molar-refractivity contribution < 1.29 is 24.9 Å². The lowest BCUT2D eigenvalue weighted by molar-refractivity contribution is 0.0696. The molecule has 1 rings (SSSR count). The Morgan fingerprint density at radius 2 is 1.67 bits per heavy atom. The number of rotatable bonds is 4. The SMILES string of the molecule is CCC(O)CN.O=C(O)c1cccc(C(=O)O)c1. The molecule has 1 aromatic rings. The largest absolute Gasteiger partial charge is 0.478 e. The number of nitrogens with two attached hydrogens (primary N) is 1. The third kappa shape index (κ3) is 5.97. The summed E-state index contributed by atoms with van der Waals surface area (Å²) in [6.07, 6.45) is 0.473. The van der Waals surface area contributed by atoms with Crippen molar-refractivity contribution in [3.8, 4) is 0 Å². The Kier molecular flexibility index (Phi) is 7.34. The Labute approximate surface area is 105 Å². The van der Waals surface area contributed by atoms with Crippen LogP contribution in [0.2, 0.25) is 0 Å². The Balaban J connectivity index is 0.000000411. The van der Waals surface area contributed by atoms with Gasteiger partial charge in [0.2, 0.25) is 0 Å². The van der Waals surface area contributed by atoms with Gasteiger partial charge in [0.1, 0.15) is 0 Å². The molecule has 0 radical (unpaired) electrons. The number of carbonyl (C=O) groups is 2. The fourth-order valence-electron chi connectivity index (χ4n) is 0.952. The molecule has 1 aromatic carbocycles. The fourth-order valence-corrected chi connectivity index (χ4v) is 0.952. The van der Waals surface area contributed by atoms with Crippen LogP contribution in [0.25, 0.3) is 0 Å².